The lowest BCUT2D eigenvalue weighted by molar-refractivity contribution is -0.106. The Morgan fingerprint density at radius 1 is 1.24 bits per heavy atom. The van der Waals surface area contributed by atoms with Gasteiger partial charge in [0, 0.05) is 6.20 Å². The Morgan fingerprint density at radius 2 is 1.97 bits per heavy atom. The second-order valence-electron chi connectivity index (χ2n) is 5.88. The van der Waals surface area contributed by atoms with E-state index in [0.29, 0.717) is 11.6 Å². The van der Waals surface area contributed by atoms with Crippen LogP contribution in [0.4, 0.5) is 8.78 Å². The summed E-state index contributed by atoms with van der Waals surface area (Å²) in [4.78, 5) is 35.8. The number of carbonyl (C=O) groups is 2. The highest BCUT2D eigenvalue weighted by atomic mass is 19.2. The third-order valence-electron chi connectivity index (χ3n) is 4.05. The van der Waals surface area contributed by atoms with Gasteiger partial charge >= 0.3 is 5.97 Å². The van der Waals surface area contributed by atoms with Gasteiger partial charge in [-0.2, -0.15) is 4.39 Å². The summed E-state index contributed by atoms with van der Waals surface area (Å²) < 4.78 is 39.9. The number of nitrogens with zero attached hydrogens (tertiary/aromatic N) is 1. The third kappa shape index (κ3) is 3.93. The zero-order valence-electron chi connectivity index (χ0n) is 15.3. The molecule has 9 heteroatoms. The van der Waals surface area contributed by atoms with Crippen molar-refractivity contribution in [3.8, 4) is 5.75 Å². The molecule has 0 aliphatic rings. The number of amides is 1. The summed E-state index contributed by atoms with van der Waals surface area (Å²) in [7, 11) is 0. The molecule has 0 aliphatic carbocycles. The molecule has 0 atom stereocenters. The Balaban J connectivity index is 2.23. The first-order valence-electron chi connectivity index (χ1n) is 8.59. The highest BCUT2D eigenvalue weighted by Gasteiger charge is 2.24. The van der Waals surface area contributed by atoms with Crippen LogP contribution >= 0.6 is 0 Å². The van der Waals surface area contributed by atoms with E-state index in [4.69, 9.17) is 9.47 Å². The standard InChI is InChI=1S/C20H16F2N2O5/c1-2-28-20(27)14-9-24(23-11-25)17-13(18(14)26)8-15(21)16(22)19(17)29-10-12-6-4-3-5-7-12/h3-9,11H,2,10H2,1H3,(H,23,25). The Morgan fingerprint density at radius 3 is 2.62 bits per heavy atom. The van der Waals surface area contributed by atoms with Crippen LogP contribution in [0.3, 0.4) is 0 Å². The molecular formula is C20H16F2N2O5. The highest BCUT2D eigenvalue weighted by Crippen LogP contribution is 2.30. The van der Waals surface area contributed by atoms with Crippen LogP contribution in [0.2, 0.25) is 0 Å². The van der Waals surface area contributed by atoms with Gasteiger partial charge in [-0.25, -0.2) is 9.18 Å². The molecule has 0 fully saturated rings. The number of pyridine rings is 1. The predicted octanol–water partition coefficient (Wildman–Crippen LogP) is 2.74. The topological polar surface area (TPSA) is 86.6 Å². The van der Waals surface area contributed by atoms with E-state index in [1.165, 1.54) is 0 Å². The average Bonchev–Trinajstić information content (AvgIpc) is 2.71. The largest absolute Gasteiger partial charge is 0.483 e. The first-order chi connectivity index (χ1) is 14.0. The molecule has 0 aliphatic heterocycles. The molecule has 3 aromatic rings. The van der Waals surface area contributed by atoms with Gasteiger partial charge in [0.15, 0.2) is 11.6 Å². The third-order valence-corrected chi connectivity index (χ3v) is 4.05. The van der Waals surface area contributed by atoms with Gasteiger partial charge in [0.2, 0.25) is 17.7 Å². The van der Waals surface area contributed by atoms with Gasteiger partial charge in [-0.3, -0.25) is 19.7 Å². The zero-order chi connectivity index (χ0) is 21.0. The fraction of sp³-hybridized carbons (Fsp3) is 0.150. The van der Waals surface area contributed by atoms with Crippen molar-refractivity contribution in [2.45, 2.75) is 13.5 Å². The minimum atomic E-state index is -1.34. The van der Waals surface area contributed by atoms with E-state index in [0.717, 1.165) is 10.9 Å². The number of fused-ring (bicyclic) bond motifs is 1. The van der Waals surface area contributed by atoms with E-state index in [1.807, 2.05) is 0 Å². The van der Waals surface area contributed by atoms with Crippen LogP contribution in [0.1, 0.15) is 22.8 Å². The van der Waals surface area contributed by atoms with Gasteiger partial charge in [0.05, 0.1) is 12.0 Å². The Kier molecular flexibility index (Phi) is 5.87. The van der Waals surface area contributed by atoms with E-state index in [9.17, 15) is 23.2 Å². The van der Waals surface area contributed by atoms with Gasteiger partial charge in [0.25, 0.3) is 0 Å². The molecule has 3 rings (SSSR count). The monoisotopic (exact) mass is 402 g/mol. The van der Waals surface area contributed by atoms with Crippen LogP contribution in [0.5, 0.6) is 5.75 Å². The van der Waals surface area contributed by atoms with E-state index in [1.54, 1.807) is 37.3 Å². The maximum absolute atomic E-state index is 14.5. The lowest BCUT2D eigenvalue weighted by Crippen LogP contribution is -2.25. The number of aromatic nitrogens is 1. The molecule has 1 N–H and O–H groups in total. The summed E-state index contributed by atoms with van der Waals surface area (Å²) in [6.45, 7) is 1.43. The Bertz CT molecular complexity index is 1130. The van der Waals surface area contributed by atoms with E-state index < -0.39 is 34.3 Å². The molecule has 2 aromatic carbocycles. The number of nitrogens with one attached hydrogen (secondary N) is 1. The lowest BCUT2D eigenvalue weighted by atomic mass is 10.1. The molecule has 0 spiro atoms. The van der Waals surface area contributed by atoms with Crippen LogP contribution in [0, 0.1) is 11.6 Å². The van der Waals surface area contributed by atoms with Crippen LogP contribution in [0.15, 0.2) is 47.4 Å². The van der Waals surface area contributed by atoms with Crippen molar-refractivity contribution in [3.63, 3.8) is 0 Å². The quantitative estimate of drug-likeness (QED) is 0.485. The molecule has 0 radical (unpaired) electrons. The minimum absolute atomic E-state index is 0.000630. The van der Waals surface area contributed by atoms with Crippen molar-refractivity contribution in [2.24, 2.45) is 0 Å². The van der Waals surface area contributed by atoms with Crippen LogP contribution < -0.4 is 15.6 Å². The molecule has 1 heterocycles. The number of rotatable bonds is 7. The van der Waals surface area contributed by atoms with Gasteiger partial charge in [0.1, 0.15) is 17.7 Å². The maximum atomic E-state index is 14.5. The predicted molar refractivity (Wildman–Crippen MR) is 100 cm³/mol. The van der Waals surface area contributed by atoms with E-state index >= 15 is 0 Å². The van der Waals surface area contributed by atoms with Crippen molar-refractivity contribution in [2.75, 3.05) is 12.0 Å². The highest BCUT2D eigenvalue weighted by molar-refractivity contribution is 5.95. The van der Waals surface area contributed by atoms with Gasteiger partial charge in [-0.05, 0) is 18.6 Å². The molecule has 1 aromatic heterocycles. The van der Waals surface area contributed by atoms with Crippen molar-refractivity contribution in [1.29, 1.82) is 0 Å². The van der Waals surface area contributed by atoms with E-state index in [2.05, 4.69) is 5.43 Å². The maximum Gasteiger partial charge on any atom is 0.343 e. The zero-order valence-corrected chi connectivity index (χ0v) is 15.3. The first kappa shape index (κ1) is 20.0. The van der Waals surface area contributed by atoms with E-state index in [-0.39, 0.29) is 30.5 Å². The Hall–Kier alpha value is -3.75. The molecular weight excluding hydrogens is 386 g/mol. The normalized spacial score (nSPS) is 10.6. The van der Waals surface area contributed by atoms with Crippen molar-refractivity contribution in [3.05, 3.63) is 75.6 Å². The SMILES string of the molecule is CCOC(=O)c1cn(NC=O)c2c(OCc3ccccc3)c(F)c(F)cc2c1=O. The molecule has 0 bridgehead atoms. The van der Waals surface area contributed by atoms with Crippen molar-refractivity contribution in [1.82, 2.24) is 4.68 Å². The molecule has 150 valence electrons. The fourth-order valence-electron chi connectivity index (χ4n) is 2.78. The molecule has 1 amide bonds. The lowest BCUT2D eigenvalue weighted by Gasteiger charge is -2.16. The number of hydrogen-bond donors (Lipinski definition) is 1. The molecule has 29 heavy (non-hydrogen) atoms. The Labute approximate surface area is 163 Å². The summed E-state index contributed by atoms with van der Waals surface area (Å²) >= 11 is 0. The number of carbonyl (C=O) groups excluding carboxylic acids is 2. The number of ether oxygens (including phenoxy) is 2. The molecule has 0 unspecified atom stereocenters. The summed E-state index contributed by atoms with van der Waals surface area (Å²) in [6.07, 6.45) is 1.23. The number of benzene rings is 2. The number of halogens is 2. The minimum Gasteiger partial charge on any atom is -0.483 e. The van der Waals surface area contributed by atoms with Crippen LogP contribution in [0.25, 0.3) is 10.9 Å². The fourth-order valence-corrected chi connectivity index (χ4v) is 2.78. The first-order valence-corrected chi connectivity index (χ1v) is 8.59. The average molecular weight is 402 g/mol. The van der Waals surface area contributed by atoms with Gasteiger partial charge in [-0.15, -0.1) is 0 Å². The molecule has 0 saturated carbocycles. The van der Waals surface area contributed by atoms with Crippen molar-refractivity contribution >= 4 is 23.3 Å². The summed E-state index contributed by atoms with van der Waals surface area (Å²) in [5.41, 5.74) is 1.33. The summed E-state index contributed by atoms with van der Waals surface area (Å²) in [6, 6.07) is 9.35. The summed E-state index contributed by atoms with van der Waals surface area (Å²) in [5, 5.41) is -0.355. The second-order valence-corrected chi connectivity index (χ2v) is 5.88. The number of esters is 1. The second kappa shape index (κ2) is 8.51. The smallest absolute Gasteiger partial charge is 0.343 e. The van der Waals surface area contributed by atoms with Crippen LogP contribution in [-0.2, 0) is 16.1 Å². The van der Waals surface area contributed by atoms with Crippen molar-refractivity contribution < 1.29 is 27.8 Å². The van der Waals surface area contributed by atoms with Crippen LogP contribution in [-0.4, -0.2) is 23.7 Å². The molecule has 0 saturated heterocycles. The van der Waals surface area contributed by atoms with Gasteiger partial charge in [-0.1, -0.05) is 30.3 Å². The summed E-state index contributed by atoms with van der Waals surface area (Å²) in [5.74, 6) is -4.21. The molecule has 7 nitrogen and oxygen atoms in total. The van der Waals surface area contributed by atoms with Gasteiger partial charge < -0.3 is 9.47 Å². The number of hydrogen-bond acceptors (Lipinski definition) is 5.